The molecule has 0 aliphatic carbocycles. The summed E-state index contributed by atoms with van der Waals surface area (Å²) in [6.07, 6.45) is -1.63. The first-order valence-electron chi connectivity index (χ1n) is 6.14. The molecule has 0 atom stereocenters. The first-order valence-corrected chi connectivity index (χ1v) is 7.79. The summed E-state index contributed by atoms with van der Waals surface area (Å²) in [6.45, 7) is 1.44. The van der Waals surface area contributed by atoms with Gasteiger partial charge < -0.3 is 4.42 Å². The highest BCUT2D eigenvalue weighted by molar-refractivity contribution is 7.91. The highest BCUT2D eigenvalue weighted by Crippen LogP contribution is 2.29. The van der Waals surface area contributed by atoms with E-state index in [0.717, 1.165) is 12.1 Å². The van der Waals surface area contributed by atoms with E-state index in [9.17, 15) is 21.6 Å². The molecule has 0 bridgehead atoms. The molecule has 0 amide bonds. The van der Waals surface area contributed by atoms with Crippen LogP contribution in [0.1, 0.15) is 23.9 Å². The van der Waals surface area contributed by atoms with Crippen LogP contribution in [0.15, 0.2) is 33.9 Å². The first-order chi connectivity index (χ1) is 10.2. The summed E-state index contributed by atoms with van der Waals surface area (Å²) >= 11 is 0. The lowest BCUT2D eigenvalue weighted by Gasteiger charge is -2.05. The zero-order valence-corrected chi connectivity index (χ0v) is 12.1. The smallest absolute Gasteiger partial charge is 0.408 e. The summed E-state index contributed by atoms with van der Waals surface area (Å²) in [6, 6.07) is 4.44. The maximum absolute atomic E-state index is 12.4. The molecular weight excluding hydrogens is 321 g/mol. The van der Waals surface area contributed by atoms with Gasteiger partial charge in [0.05, 0.1) is 11.3 Å². The molecule has 0 N–H and O–H groups in total. The molecule has 2 aromatic rings. The summed E-state index contributed by atoms with van der Waals surface area (Å²) in [5, 5.41) is 6.47. The number of hydrogen-bond acceptors (Lipinski definition) is 5. The molecule has 1 aromatic heterocycles. The Hall–Kier alpha value is -2.16. The van der Waals surface area contributed by atoms with E-state index in [1.807, 2.05) is 0 Å². The number of sulfone groups is 1. The number of rotatable bonds is 4. The molecule has 2 rings (SSSR count). The van der Waals surface area contributed by atoms with Gasteiger partial charge in [-0.25, -0.2) is 8.42 Å². The molecule has 0 saturated heterocycles. The lowest BCUT2D eigenvalue weighted by molar-refractivity contribution is -0.137. The average molecular weight is 332 g/mol. The van der Waals surface area contributed by atoms with Gasteiger partial charge in [-0.1, -0.05) is 24.2 Å². The molecule has 1 aromatic carbocycles. The molecule has 0 saturated carbocycles. The Morgan fingerprint density at radius 1 is 1.14 bits per heavy atom. The van der Waals surface area contributed by atoms with E-state index in [4.69, 9.17) is 4.42 Å². The Bertz CT molecular complexity index is 778. The average Bonchev–Trinajstić information content (AvgIpc) is 2.94. The predicted molar refractivity (Wildman–Crippen MR) is 72.4 cm³/mol. The van der Waals surface area contributed by atoms with Crippen LogP contribution in [0, 0.1) is 0 Å². The number of alkyl halides is 3. The van der Waals surface area contributed by atoms with E-state index in [1.54, 1.807) is 0 Å². The fourth-order valence-corrected chi connectivity index (χ4v) is 2.11. The maximum atomic E-state index is 12.4. The van der Waals surface area contributed by atoms with Gasteiger partial charge in [0.15, 0.2) is 0 Å². The van der Waals surface area contributed by atoms with Crippen molar-refractivity contribution in [2.75, 3.05) is 5.75 Å². The summed E-state index contributed by atoms with van der Waals surface area (Å²) in [5.41, 5.74) is -0.273. The van der Waals surface area contributed by atoms with Crippen molar-refractivity contribution in [2.24, 2.45) is 0 Å². The Labute approximate surface area is 124 Å². The van der Waals surface area contributed by atoms with Gasteiger partial charge in [-0.2, -0.15) is 13.2 Å². The van der Waals surface area contributed by atoms with Crippen LogP contribution < -0.4 is 0 Å². The Morgan fingerprint density at radius 3 is 2.32 bits per heavy atom. The lowest BCUT2D eigenvalue weighted by Crippen LogP contribution is -2.03. The quantitative estimate of drug-likeness (QED) is 0.860. The van der Waals surface area contributed by atoms with Crippen LogP contribution in [-0.2, 0) is 16.0 Å². The van der Waals surface area contributed by atoms with Gasteiger partial charge in [0.25, 0.3) is 0 Å². The molecule has 118 valence electrons. The fourth-order valence-electron chi connectivity index (χ4n) is 1.49. The SMILES string of the molecule is CCS(=O)(=O)c1nnc(C=Cc2ccc(C(F)(F)F)cc2)o1. The van der Waals surface area contributed by atoms with Crippen LogP contribution in [0.25, 0.3) is 12.2 Å². The molecule has 0 fully saturated rings. The third-order valence-corrected chi connectivity index (χ3v) is 4.18. The van der Waals surface area contributed by atoms with Crippen LogP contribution in [0.3, 0.4) is 0 Å². The van der Waals surface area contributed by atoms with Crippen LogP contribution in [-0.4, -0.2) is 24.4 Å². The zero-order chi connectivity index (χ0) is 16.4. The molecule has 0 aliphatic rings. The minimum Gasteiger partial charge on any atom is -0.408 e. The number of halogens is 3. The van der Waals surface area contributed by atoms with Gasteiger partial charge in [-0.15, -0.1) is 5.10 Å². The van der Waals surface area contributed by atoms with Crippen molar-refractivity contribution in [1.29, 1.82) is 0 Å². The summed E-state index contributed by atoms with van der Waals surface area (Å²) in [7, 11) is -3.58. The zero-order valence-electron chi connectivity index (χ0n) is 11.3. The third-order valence-electron chi connectivity index (χ3n) is 2.72. The van der Waals surface area contributed by atoms with Crippen molar-refractivity contribution in [3.63, 3.8) is 0 Å². The fraction of sp³-hybridized carbons (Fsp3) is 0.231. The molecule has 0 spiro atoms. The minimum absolute atomic E-state index is 0.0491. The molecule has 0 unspecified atom stereocenters. The van der Waals surface area contributed by atoms with Crippen LogP contribution in [0.2, 0.25) is 0 Å². The van der Waals surface area contributed by atoms with Crippen LogP contribution in [0.5, 0.6) is 0 Å². The van der Waals surface area contributed by atoms with Gasteiger partial charge in [0.1, 0.15) is 0 Å². The maximum Gasteiger partial charge on any atom is 0.416 e. The third kappa shape index (κ3) is 3.73. The second kappa shape index (κ2) is 5.91. The Morgan fingerprint density at radius 2 is 1.77 bits per heavy atom. The minimum atomic E-state index is -4.39. The monoisotopic (exact) mass is 332 g/mol. The summed E-state index contributed by atoms with van der Waals surface area (Å²) in [5.74, 6) is -0.219. The second-order valence-corrected chi connectivity index (χ2v) is 6.42. The van der Waals surface area contributed by atoms with E-state index in [0.29, 0.717) is 5.56 Å². The summed E-state index contributed by atoms with van der Waals surface area (Å²) < 4.78 is 65.2. The Kier molecular flexibility index (Phi) is 4.36. The van der Waals surface area contributed by atoms with Crippen LogP contribution in [0.4, 0.5) is 13.2 Å². The molecule has 9 heteroatoms. The van der Waals surface area contributed by atoms with E-state index in [2.05, 4.69) is 10.2 Å². The second-order valence-electron chi connectivity index (χ2n) is 4.26. The van der Waals surface area contributed by atoms with Gasteiger partial charge >= 0.3 is 11.4 Å². The van der Waals surface area contributed by atoms with Gasteiger partial charge in [-0.05, 0) is 23.8 Å². The van der Waals surface area contributed by atoms with Gasteiger partial charge in [-0.3, -0.25) is 0 Å². The largest absolute Gasteiger partial charge is 0.416 e. The number of nitrogens with zero attached hydrogens (tertiary/aromatic N) is 2. The van der Waals surface area contributed by atoms with Crippen molar-refractivity contribution in [3.8, 4) is 0 Å². The Balaban J connectivity index is 2.16. The molecular formula is C13H11F3N2O3S. The van der Waals surface area contributed by atoms with Crippen molar-refractivity contribution in [2.45, 2.75) is 18.3 Å². The van der Waals surface area contributed by atoms with Crippen molar-refractivity contribution in [1.82, 2.24) is 10.2 Å². The normalized spacial score (nSPS) is 12.9. The van der Waals surface area contributed by atoms with Gasteiger partial charge in [0.2, 0.25) is 15.7 Å². The molecule has 5 nitrogen and oxygen atoms in total. The highest BCUT2D eigenvalue weighted by atomic mass is 32.2. The van der Waals surface area contributed by atoms with Crippen molar-refractivity contribution in [3.05, 3.63) is 41.3 Å². The van der Waals surface area contributed by atoms with Crippen molar-refractivity contribution < 1.29 is 26.0 Å². The van der Waals surface area contributed by atoms with Crippen molar-refractivity contribution >= 4 is 22.0 Å². The lowest BCUT2D eigenvalue weighted by atomic mass is 10.1. The van der Waals surface area contributed by atoms with E-state index in [1.165, 1.54) is 31.2 Å². The highest BCUT2D eigenvalue weighted by Gasteiger charge is 2.29. The standard InChI is InChI=1S/C13H11F3N2O3S/c1-2-22(19,20)12-18-17-11(21-12)8-5-9-3-6-10(7-4-9)13(14,15)16/h3-8H,2H2,1H3. The molecule has 22 heavy (non-hydrogen) atoms. The van der Waals surface area contributed by atoms with E-state index in [-0.39, 0.29) is 11.6 Å². The molecule has 0 aliphatic heterocycles. The predicted octanol–water partition coefficient (Wildman–Crippen LogP) is 3.05. The molecule has 1 heterocycles. The number of aromatic nitrogens is 2. The van der Waals surface area contributed by atoms with E-state index >= 15 is 0 Å². The van der Waals surface area contributed by atoms with E-state index < -0.39 is 26.8 Å². The summed E-state index contributed by atoms with van der Waals surface area (Å²) in [4.78, 5) is 0. The topological polar surface area (TPSA) is 73.1 Å². The van der Waals surface area contributed by atoms with Gasteiger partial charge in [0, 0.05) is 6.08 Å². The van der Waals surface area contributed by atoms with Crippen LogP contribution >= 0.6 is 0 Å². The number of hydrogen-bond donors (Lipinski definition) is 0. The molecule has 0 radical (unpaired) electrons. The number of benzene rings is 1. The first kappa shape index (κ1) is 16.2.